The Bertz CT molecular complexity index is 1350. The van der Waals surface area contributed by atoms with Crippen LogP contribution in [0.5, 0.6) is 5.75 Å². The van der Waals surface area contributed by atoms with Crippen LogP contribution in [0.2, 0.25) is 0 Å². The van der Waals surface area contributed by atoms with Crippen LogP contribution in [-0.4, -0.2) is 29.9 Å². The van der Waals surface area contributed by atoms with Crippen molar-refractivity contribution in [2.24, 2.45) is 5.73 Å². The quantitative estimate of drug-likeness (QED) is 0.170. The van der Waals surface area contributed by atoms with Crippen LogP contribution in [0.4, 0.5) is 5.69 Å². The van der Waals surface area contributed by atoms with E-state index < -0.39 is 28.2 Å². The van der Waals surface area contributed by atoms with Crippen LogP contribution in [0.25, 0.3) is 0 Å². The minimum absolute atomic E-state index is 0.0130. The van der Waals surface area contributed by atoms with Gasteiger partial charge in [-0.05, 0) is 22.8 Å². The van der Waals surface area contributed by atoms with Crippen LogP contribution in [0.3, 0.4) is 0 Å². The maximum absolute atomic E-state index is 13.8. The number of methoxy groups -OCH3 is 1. The minimum Gasteiger partial charge on any atom is -0.496 e. The summed E-state index contributed by atoms with van der Waals surface area (Å²) in [5.41, 5.74) is 7.79. The lowest BCUT2D eigenvalue weighted by molar-refractivity contribution is -0.384. The van der Waals surface area contributed by atoms with Gasteiger partial charge < -0.3 is 15.8 Å². The number of carbonyl (C=O) groups is 2. The monoisotopic (exact) mass is 523 g/mol. The van der Waals surface area contributed by atoms with E-state index in [-0.39, 0.29) is 18.5 Å². The fourth-order valence-electron chi connectivity index (χ4n) is 4.94. The summed E-state index contributed by atoms with van der Waals surface area (Å²) in [7, 11) is 1.43. The lowest BCUT2D eigenvalue weighted by Crippen LogP contribution is -2.48. The van der Waals surface area contributed by atoms with Gasteiger partial charge in [-0.1, -0.05) is 91.0 Å². The molecule has 0 unspecified atom stereocenters. The van der Waals surface area contributed by atoms with Crippen LogP contribution in [-0.2, 0) is 21.4 Å². The Labute approximate surface area is 226 Å². The van der Waals surface area contributed by atoms with Gasteiger partial charge >= 0.3 is 0 Å². The molecule has 4 aromatic rings. The number of rotatable bonds is 11. The number of hydrogen-bond acceptors (Lipinski definition) is 5. The maximum Gasteiger partial charge on any atom is 0.269 e. The fourth-order valence-corrected chi connectivity index (χ4v) is 4.94. The number of benzene rings is 4. The zero-order chi connectivity index (χ0) is 27.8. The molecule has 8 heteroatoms. The van der Waals surface area contributed by atoms with Crippen LogP contribution in [0.15, 0.2) is 109 Å². The van der Waals surface area contributed by atoms with Gasteiger partial charge in [0, 0.05) is 30.5 Å². The fraction of sp³-hybridized carbons (Fsp3) is 0.161. The number of carbonyl (C=O) groups excluding carboxylic acids is 2. The van der Waals surface area contributed by atoms with Gasteiger partial charge in [0.05, 0.1) is 17.4 Å². The molecule has 0 radical (unpaired) electrons. The summed E-state index contributed by atoms with van der Waals surface area (Å²) in [6.45, 7) is 0. The average Bonchev–Trinajstić information content (AvgIpc) is 2.96. The number of nitrogens with two attached hydrogens (primary N) is 1. The Morgan fingerprint density at radius 2 is 1.36 bits per heavy atom. The molecule has 0 heterocycles. The molecule has 0 aliphatic heterocycles. The van der Waals surface area contributed by atoms with E-state index in [0.717, 1.165) is 16.7 Å². The van der Waals surface area contributed by atoms with Crippen molar-refractivity contribution >= 4 is 17.5 Å². The molecule has 198 valence electrons. The molecule has 4 rings (SSSR count). The van der Waals surface area contributed by atoms with Crippen LogP contribution in [0.1, 0.15) is 28.7 Å². The second-order valence-corrected chi connectivity index (χ2v) is 9.16. The van der Waals surface area contributed by atoms with E-state index in [0.29, 0.717) is 11.3 Å². The van der Waals surface area contributed by atoms with Gasteiger partial charge in [0.1, 0.15) is 11.8 Å². The average molecular weight is 524 g/mol. The van der Waals surface area contributed by atoms with Crippen molar-refractivity contribution < 1.29 is 19.2 Å². The van der Waals surface area contributed by atoms with E-state index in [1.165, 1.54) is 25.3 Å². The van der Waals surface area contributed by atoms with E-state index in [4.69, 9.17) is 10.5 Å². The Hall–Kier alpha value is -4.98. The van der Waals surface area contributed by atoms with Crippen molar-refractivity contribution in [2.45, 2.75) is 24.3 Å². The predicted molar refractivity (Wildman–Crippen MR) is 148 cm³/mol. The molecule has 39 heavy (non-hydrogen) atoms. The standard InChI is InChI=1S/C31H29N3O5/c1-39-28-18-17-26(34(37)38)19-22(28)20-27(30(32)36)33-29(35)21-31(23-11-5-2-6-12-23,24-13-7-3-8-14-24)25-15-9-4-10-16-25/h2-19,27H,20-21H2,1H3,(H2,32,36)(H,33,35)/t27-/m1/s1. The summed E-state index contributed by atoms with van der Waals surface area (Å²) in [6, 6.07) is 32.2. The molecule has 0 fully saturated rings. The number of hydrogen-bond donors (Lipinski definition) is 2. The molecular weight excluding hydrogens is 494 g/mol. The minimum atomic E-state index is -1.12. The zero-order valence-corrected chi connectivity index (χ0v) is 21.4. The molecule has 0 aliphatic rings. The molecule has 0 saturated heterocycles. The Balaban J connectivity index is 1.73. The lowest BCUT2D eigenvalue weighted by atomic mass is 9.67. The first-order chi connectivity index (χ1) is 18.8. The second-order valence-electron chi connectivity index (χ2n) is 9.16. The predicted octanol–water partition coefficient (Wildman–Crippen LogP) is 4.54. The molecule has 0 bridgehead atoms. The van der Waals surface area contributed by atoms with E-state index >= 15 is 0 Å². The normalized spacial score (nSPS) is 11.8. The summed E-state index contributed by atoms with van der Waals surface area (Å²) in [5, 5.41) is 14.1. The number of non-ortho nitro benzene ring substituents is 1. The number of ether oxygens (including phenoxy) is 1. The third kappa shape index (κ3) is 5.96. The van der Waals surface area contributed by atoms with Crippen LogP contribution >= 0.6 is 0 Å². The summed E-state index contributed by atoms with van der Waals surface area (Å²) in [6.07, 6.45) is -0.0815. The number of amides is 2. The highest BCUT2D eigenvalue weighted by atomic mass is 16.6. The van der Waals surface area contributed by atoms with E-state index in [1.807, 2.05) is 91.0 Å². The third-order valence-electron chi connectivity index (χ3n) is 6.80. The largest absolute Gasteiger partial charge is 0.496 e. The Morgan fingerprint density at radius 1 is 0.872 bits per heavy atom. The summed E-state index contributed by atoms with van der Waals surface area (Å²) in [5.74, 6) is -0.810. The highest BCUT2D eigenvalue weighted by molar-refractivity contribution is 5.88. The van der Waals surface area contributed by atoms with Crippen molar-refractivity contribution in [3.05, 3.63) is 142 Å². The molecule has 0 saturated carbocycles. The van der Waals surface area contributed by atoms with E-state index in [2.05, 4.69) is 5.32 Å². The molecule has 8 nitrogen and oxygen atoms in total. The summed E-state index contributed by atoms with van der Waals surface area (Å²) >= 11 is 0. The van der Waals surface area contributed by atoms with Crippen molar-refractivity contribution in [3.8, 4) is 5.75 Å². The first-order valence-corrected chi connectivity index (χ1v) is 12.4. The molecular formula is C31H29N3O5. The first kappa shape index (κ1) is 27.1. The van der Waals surface area contributed by atoms with Gasteiger partial charge in [-0.2, -0.15) is 0 Å². The van der Waals surface area contributed by atoms with E-state index in [1.54, 1.807) is 0 Å². The lowest BCUT2D eigenvalue weighted by Gasteiger charge is -2.36. The molecule has 4 aromatic carbocycles. The highest BCUT2D eigenvalue weighted by Crippen LogP contribution is 2.42. The van der Waals surface area contributed by atoms with E-state index in [9.17, 15) is 19.7 Å². The van der Waals surface area contributed by atoms with Gasteiger partial charge in [-0.25, -0.2) is 0 Å². The van der Waals surface area contributed by atoms with Crippen molar-refractivity contribution in [1.82, 2.24) is 5.32 Å². The van der Waals surface area contributed by atoms with Crippen molar-refractivity contribution in [3.63, 3.8) is 0 Å². The number of primary amides is 1. The van der Waals surface area contributed by atoms with Crippen molar-refractivity contribution in [1.29, 1.82) is 0 Å². The van der Waals surface area contributed by atoms with Gasteiger partial charge in [0.25, 0.3) is 5.69 Å². The number of nitrogens with zero attached hydrogens (tertiary/aromatic N) is 1. The molecule has 2 amide bonds. The number of nitrogens with one attached hydrogen (secondary N) is 1. The SMILES string of the molecule is COc1ccc([N+](=O)[O-])cc1C[C@@H](NC(=O)CC(c1ccccc1)(c1ccccc1)c1ccccc1)C(N)=O. The molecule has 0 aliphatic carbocycles. The smallest absolute Gasteiger partial charge is 0.269 e. The molecule has 0 spiro atoms. The van der Waals surface area contributed by atoms with Gasteiger partial charge in [0.15, 0.2) is 0 Å². The van der Waals surface area contributed by atoms with Gasteiger partial charge in [-0.3, -0.25) is 19.7 Å². The number of nitro benzene ring substituents is 1. The third-order valence-corrected chi connectivity index (χ3v) is 6.80. The second kappa shape index (κ2) is 12.0. The molecule has 3 N–H and O–H groups in total. The van der Waals surface area contributed by atoms with Crippen LogP contribution in [0, 0.1) is 10.1 Å². The first-order valence-electron chi connectivity index (χ1n) is 12.4. The summed E-state index contributed by atoms with van der Waals surface area (Å²) < 4.78 is 5.33. The molecule has 1 atom stereocenters. The maximum atomic E-state index is 13.8. The summed E-state index contributed by atoms with van der Waals surface area (Å²) in [4.78, 5) is 37.0. The van der Waals surface area contributed by atoms with Gasteiger partial charge in [0.2, 0.25) is 11.8 Å². The zero-order valence-electron chi connectivity index (χ0n) is 21.4. The number of nitro groups is 1. The van der Waals surface area contributed by atoms with Gasteiger partial charge in [-0.15, -0.1) is 0 Å². The Kier molecular flexibility index (Phi) is 8.36. The van der Waals surface area contributed by atoms with Crippen LogP contribution < -0.4 is 15.8 Å². The Morgan fingerprint density at radius 3 is 1.77 bits per heavy atom. The topological polar surface area (TPSA) is 125 Å². The highest BCUT2D eigenvalue weighted by Gasteiger charge is 2.39. The van der Waals surface area contributed by atoms with Crippen molar-refractivity contribution in [2.75, 3.05) is 7.11 Å². The molecule has 0 aromatic heterocycles.